The van der Waals surface area contributed by atoms with Gasteiger partial charge in [-0.25, -0.2) is 12.8 Å². The molecule has 1 atom stereocenters. The van der Waals surface area contributed by atoms with E-state index in [0.29, 0.717) is 5.69 Å². The second kappa shape index (κ2) is 8.67. The van der Waals surface area contributed by atoms with Gasteiger partial charge < -0.3 is 10.6 Å². The van der Waals surface area contributed by atoms with Crippen molar-refractivity contribution in [3.05, 3.63) is 60.4 Å². The Morgan fingerprint density at radius 1 is 0.969 bits per heavy atom. The molecular formula is C21H22FN5O4S. The Bertz CT molecular complexity index is 1150. The summed E-state index contributed by atoms with van der Waals surface area (Å²) in [6, 6.07) is 12.6. The maximum Gasteiger partial charge on any atom is 0.270 e. The molecule has 168 valence electrons. The summed E-state index contributed by atoms with van der Waals surface area (Å²) in [5.74, 6) is -1.47. The van der Waals surface area contributed by atoms with Crippen LogP contribution in [0.4, 0.5) is 10.1 Å². The molecule has 0 bridgehead atoms. The Morgan fingerprint density at radius 3 is 2.19 bits per heavy atom. The molecule has 2 aromatic rings. The number of rotatable bonds is 5. The monoisotopic (exact) mass is 459 g/mol. The highest BCUT2D eigenvalue weighted by Gasteiger charge is 2.38. The average molecular weight is 460 g/mol. The highest BCUT2D eigenvalue weighted by molar-refractivity contribution is 7.89. The Morgan fingerprint density at radius 2 is 1.59 bits per heavy atom. The van der Waals surface area contributed by atoms with Crippen LogP contribution >= 0.6 is 0 Å². The van der Waals surface area contributed by atoms with Crippen LogP contribution in [0.15, 0.2) is 64.6 Å². The Balaban J connectivity index is 1.46. The topological polar surface area (TPSA) is 116 Å². The number of benzene rings is 2. The summed E-state index contributed by atoms with van der Waals surface area (Å²) < 4.78 is 40.1. The molecule has 2 heterocycles. The van der Waals surface area contributed by atoms with Gasteiger partial charge in [0.05, 0.1) is 10.6 Å². The van der Waals surface area contributed by atoms with Crippen molar-refractivity contribution in [2.75, 3.05) is 31.2 Å². The van der Waals surface area contributed by atoms with Crippen LogP contribution in [0, 0.1) is 5.82 Å². The van der Waals surface area contributed by atoms with Crippen LogP contribution in [0.25, 0.3) is 0 Å². The molecule has 0 saturated carbocycles. The van der Waals surface area contributed by atoms with Gasteiger partial charge in [-0.05, 0) is 36.4 Å². The molecule has 11 heteroatoms. The van der Waals surface area contributed by atoms with Crippen molar-refractivity contribution in [3.63, 3.8) is 0 Å². The van der Waals surface area contributed by atoms with E-state index in [0.717, 1.165) is 0 Å². The summed E-state index contributed by atoms with van der Waals surface area (Å²) in [6.07, 6.45) is 0.0219. The molecule has 2 N–H and O–H groups in total. The highest BCUT2D eigenvalue weighted by Crippen LogP contribution is 2.26. The fraction of sp³-hybridized carbons (Fsp3) is 0.286. The molecule has 4 rings (SSSR count). The number of hydrogen-bond acceptors (Lipinski definition) is 6. The van der Waals surface area contributed by atoms with Crippen LogP contribution in [-0.2, 0) is 19.6 Å². The molecule has 9 nitrogen and oxygen atoms in total. The van der Waals surface area contributed by atoms with E-state index in [1.165, 1.54) is 50.6 Å². The zero-order chi connectivity index (χ0) is 22.9. The predicted molar refractivity (Wildman–Crippen MR) is 116 cm³/mol. The van der Waals surface area contributed by atoms with Crippen molar-refractivity contribution in [1.29, 1.82) is 0 Å². The zero-order valence-electron chi connectivity index (χ0n) is 17.1. The molecule has 2 aromatic carbocycles. The molecular weight excluding hydrogens is 437 g/mol. The first kappa shape index (κ1) is 21.9. The number of hydrogen-bond donors (Lipinski definition) is 1. The first-order chi connectivity index (χ1) is 15.3. The number of nitrogens with two attached hydrogens (primary N) is 1. The number of sulfonamides is 1. The second-order valence-electron chi connectivity index (χ2n) is 7.50. The Hall–Kier alpha value is -3.31. The standard InChI is InChI=1S/C21H22FN5O4S/c22-15-6-8-16(9-7-15)27-19(20(23)28)14-18(24-27)21(29)25-10-12-26(13-11-25)32(30,31)17-4-2-1-3-5-17/h1-9,19H,10-14H2,(H2,23,28). The summed E-state index contributed by atoms with van der Waals surface area (Å²) in [6.45, 7) is 0.692. The number of piperazine rings is 1. The number of carbonyl (C=O) groups excluding carboxylic acids is 2. The van der Waals surface area contributed by atoms with Crippen molar-refractivity contribution < 1.29 is 22.4 Å². The van der Waals surface area contributed by atoms with Gasteiger partial charge in [0.25, 0.3) is 5.91 Å². The van der Waals surface area contributed by atoms with Gasteiger partial charge in [-0.15, -0.1) is 0 Å². The van der Waals surface area contributed by atoms with Crippen molar-refractivity contribution in [2.24, 2.45) is 10.8 Å². The van der Waals surface area contributed by atoms with Gasteiger partial charge in [-0.2, -0.15) is 9.41 Å². The van der Waals surface area contributed by atoms with E-state index in [2.05, 4.69) is 5.10 Å². The highest BCUT2D eigenvalue weighted by atomic mass is 32.2. The molecule has 2 amide bonds. The lowest BCUT2D eigenvalue weighted by atomic mass is 10.1. The molecule has 1 saturated heterocycles. The summed E-state index contributed by atoms with van der Waals surface area (Å²) in [5, 5.41) is 5.61. The third-order valence-corrected chi connectivity index (χ3v) is 7.40. The molecule has 1 fully saturated rings. The van der Waals surface area contributed by atoms with Crippen LogP contribution < -0.4 is 10.7 Å². The first-order valence-corrected chi connectivity index (χ1v) is 11.5. The number of amides is 2. The van der Waals surface area contributed by atoms with Crippen LogP contribution in [-0.4, -0.2) is 67.4 Å². The second-order valence-corrected chi connectivity index (χ2v) is 9.44. The van der Waals surface area contributed by atoms with Gasteiger partial charge in [0.2, 0.25) is 15.9 Å². The Kier molecular flexibility index (Phi) is 5.94. The Labute approximate surface area is 184 Å². The van der Waals surface area contributed by atoms with Gasteiger partial charge in [0, 0.05) is 32.6 Å². The fourth-order valence-corrected chi connectivity index (χ4v) is 5.19. The molecule has 0 aliphatic carbocycles. The summed E-state index contributed by atoms with van der Waals surface area (Å²) in [7, 11) is -3.63. The predicted octanol–water partition coefficient (Wildman–Crippen LogP) is 0.779. The SMILES string of the molecule is NC(=O)C1CC(C(=O)N2CCN(S(=O)(=O)c3ccccc3)CC2)=NN1c1ccc(F)cc1. The third-order valence-electron chi connectivity index (χ3n) is 5.48. The summed E-state index contributed by atoms with van der Waals surface area (Å²) in [5.41, 5.74) is 6.08. The average Bonchev–Trinajstić information content (AvgIpc) is 3.26. The molecule has 0 aromatic heterocycles. The van der Waals surface area contributed by atoms with Crippen LogP contribution in [0.3, 0.4) is 0 Å². The van der Waals surface area contributed by atoms with Crippen molar-refractivity contribution in [1.82, 2.24) is 9.21 Å². The van der Waals surface area contributed by atoms with Crippen molar-refractivity contribution in [3.8, 4) is 0 Å². The molecule has 2 aliphatic heterocycles. The summed E-state index contributed by atoms with van der Waals surface area (Å²) >= 11 is 0. The van der Waals surface area contributed by atoms with Gasteiger partial charge >= 0.3 is 0 Å². The number of anilines is 1. The number of halogens is 1. The van der Waals surface area contributed by atoms with E-state index in [1.807, 2.05) is 0 Å². The van der Waals surface area contributed by atoms with Gasteiger partial charge in [0.15, 0.2) is 0 Å². The van der Waals surface area contributed by atoms with E-state index in [-0.39, 0.29) is 49.1 Å². The van der Waals surface area contributed by atoms with E-state index in [4.69, 9.17) is 5.73 Å². The van der Waals surface area contributed by atoms with E-state index >= 15 is 0 Å². The fourth-order valence-electron chi connectivity index (χ4n) is 3.75. The van der Waals surface area contributed by atoms with Crippen molar-refractivity contribution >= 4 is 33.2 Å². The maximum absolute atomic E-state index is 13.2. The van der Waals surface area contributed by atoms with Crippen LogP contribution in [0.2, 0.25) is 0 Å². The maximum atomic E-state index is 13.2. The van der Waals surface area contributed by atoms with Gasteiger partial charge in [0.1, 0.15) is 17.6 Å². The number of primary amides is 1. The molecule has 1 unspecified atom stereocenters. The van der Waals surface area contributed by atoms with Crippen LogP contribution in [0.5, 0.6) is 0 Å². The van der Waals surface area contributed by atoms with E-state index < -0.39 is 27.8 Å². The van der Waals surface area contributed by atoms with Gasteiger partial charge in [-0.3, -0.25) is 14.6 Å². The molecule has 2 aliphatic rings. The van der Waals surface area contributed by atoms with E-state index in [1.54, 1.807) is 18.2 Å². The minimum atomic E-state index is -3.63. The zero-order valence-corrected chi connectivity index (χ0v) is 17.9. The minimum Gasteiger partial charge on any atom is -0.368 e. The molecule has 0 spiro atoms. The molecule has 0 radical (unpaired) electrons. The third kappa shape index (κ3) is 4.21. The lowest BCUT2D eigenvalue weighted by Crippen LogP contribution is -2.52. The lowest BCUT2D eigenvalue weighted by Gasteiger charge is -2.33. The largest absolute Gasteiger partial charge is 0.368 e. The quantitative estimate of drug-likeness (QED) is 0.709. The smallest absolute Gasteiger partial charge is 0.270 e. The summed E-state index contributed by atoms with van der Waals surface area (Å²) in [4.78, 5) is 26.7. The van der Waals surface area contributed by atoms with Crippen molar-refractivity contribution in [2.45, 2.75) is 17.4 Å². The number of hydrazone groups is 1. The van der Waals surface area contributed by atoms with Gasteiger partial charge in [-0.1, -0.05) is 18.2 Å². The first-order valence-electron chi connectivity index (χ1n) is 10.0. The van der Waals surface area contributed by atoms with E-state index in [9.17, 15) is 22.4 Å². The lowest BCUT2D eigenvalue weighted by molar-refractivity contribution is -0.125. The number of carbonyl (C=O) groups is 2. The number of nitrogens with zero attached hydrogens (tertiary/aromatic N) is 4. The van der Waals surface area contributed by atoms with Crippen LogP contribution in [0.1, 0.15) is 6.42 Å². The molecule has 32 heavy (non-hydrogen) atoms. The normalized spacial score (nSPS) is 19.7. The minimum absolute atomic E-state index is 0.0219.